The van der Waals surface area contributed by atoms with Gasteiger partial charge in [-0.1, -0.05) is 12.8 Å². The largest absolute Gasteiger partial charge is 0.389 e. The topological polar surface area (TPSA) is 32.3 Å². The van der Waals surface area contributed by atoms with E-state index < -0.39 is 5.60 Å². The van der Waals surface area contributed by atoms with Gasteiger partial charge in [0, 0.05) is 19.5 Å². The molecular weight excluding hydrogens is 162 g/mol. The molecule has 0 atom stereocenters. The Kier molecular flexibility index (Phi) is 4.27. The average molecular weight is 181 g/mol. The Balaban J connectivity index is 2.06. The highest BCUT2D eigenvalue weighted by Gasteiger charge is 2.30. The smallest absolute Gasteiger partial charge is 0.0771 e. The van der Waals surface area contributed by atoms with E-state index >= 15 is 0 Å². The SMILES string of the molecule is CC#CCCNCC1(O)CCCC1. The third-order valence-electron chi connectivity index (χ3n) is 2.59. The normalized spacial score (nSPS) is 19.5. The molecule has 1 aliphatic carbocycles. The van der Waals surface area contributed by atoms with Gasteiger partial charge in [0.1, 0.15) is 0 Å². The van der Waals surface area contributed by atoms with Crippen molar-refractivity contribution in [2.45, 2.75) is 44.6 Å². The van der Waals surface area contributed by atoms with E-state index in [1.807, 2.05) is 6.92 Å². The second-order valence-corrected chi connectivity index (χ2v) is 3.79. The lowest BCUT2D eigenvalue weighted by molar-refractivity contribution is 0.0481. The molecule has 1 saturated carbocycles. The first-order chi connectivity index (χ1) is 6.27. The van der Waals surface area contributed by atoms with Crippen LogP contribution in [0.1, 0.15) is 39.0 Å². The van der Waals surface area contributed by atoms with Gasteiger partial charge in [0.15, 0.2) is 0 Å². The van der Waals surface area contributed by atoms with E-state index in [-0.39, 0.29) is 0 Å². The van der Waals surface area contributed by atoms with E-state index in [4.69, 9.17) is 0 Å². The quantitative estimate of drug-likeness (QED) is 0.506. The van der Waals surface area contributed by atoms with Gasteiger partial charge in [-0.15, -0.1) is 11.8 Å². The molecule has 0 amide bonds. The van der Waals surface area contributed by atoms with Crippen molar-refractivity contribution in [2.24, 2.45) is 0 Å². The number of hydrogen-bond donors (Lipinski definition) is 2. The predicted octanol–water partition coefficient (Wildman–Crippen LogP) is 1.29. The standard InChI is InChI=1S/C11H19NO/c1-2-3-6-9-12-10-11(13)7-4-5-8-11/h12-13H,4-10H2,1H3. The van der Waals surface area contributed by atoms with Gasteiger partial charge in [-0.25, -0.2) is 0 Å². The summed E-state index contributed by atoms with van der Waals surface area (Å²) in [6.07, 6.45) is 5.14. The van der Waals surface area contributed by atoms with Gasteiger partial charge in [-0.05, 0) is 19.8 Å². The molecule has 2 nitrogen and oxygen atoms in total. The summed E-state index contributed by atoms with van der Waals surface area (Å²) in [5, 5.41) is 13.2. The maximum atomic E-state index is 9.95. The Hall–Kier alpha value is -0.520. The fourth-order valence-electron chi connectivity index (χ4n) is 1.81. The molecule has 1 fully saturated rings. The summed E-state index contributed by atoms with van der Waals surface area (Å²) in [4.78, 5) is 0. The van der Waals surface area contributed by atoms with E-state index in [1.54, 1.807) is 0 Å². The summed E-state index contributed by atoms with van der Waals surface area (Å²) in [5.41, 5.74) is -0.417. The van der Waals surface area contributed by atoms with Crippen molar-refractivity contribution in [3.63, 3.8) is 0 Å². The summed E-state index contributed by atoms with van der Waals surface area (Å²) in [6, 6.07) is 0. The van der Waals surface area contributed by atoms with Crippen LogP contribution in [-0.4, -0.2) is 23.8 Å². The zero-order valence-electron chi connectivity index (χ0n) is 8.40. The Bertz CT molecular complexity index is 196. The van der Waals surface area contributed by atoms with Crippen LogP contribution in [0.25, 0.3) is 0 Å². The molecule has 0 aromatic rings. The molecule has 0 aliphatic heterocycles. The van der Waals surface area contributed by atoms with E-state index in [0.717, 1.165) is 32.4 Å². The fraction of sp³-hybridized carbons (Fsp3) is 0.818. The van der Waals surface area contributed by atoms with Crippen LogP contribution < -0.4 is 5.32 Å². The Morgan fingerprint density at radius 1 is 1.38 bits per heavy atom. The highest BCUT2D eigenvalue weighted by molar-refractivity contribution is 4.95. The zero-order chi connectivity index (χ0) is 9.57. The maximum Gasteiger partial charge on any atom is 0.0771 e. The van der Waals surface area contributed by atoms with Gasteiger partial charge >= 0.3 is 0 Å². The van der Waals surface area contributed by atoms with E-state index in [9.17, 15) is 5.11 Å². The Morgan fingerprint density at radius 2 is 2.08 bits per heavy atom. The van der Waals surface area contributed by atoms with Gasteiger partial charge in [-0.3, -0.25) is 0 Å². The first kappa shape index (κ1) is 10.6. The van der Waals surface area contributed by atoms with E-state index in [2.05, 4.69) is 17.2 Å². The molecule has 74 valence electrons. The van der Waals surface area contributed by atoms with Crippen LogP contribution in [0.15, 0.2) is 0 Å². The average Bonchev–Trinajstić information content (AvgIpc) is 2.53. The number of aliphatic hydroxyl groups is 1. The molecule has 0 bridgehead atoms. The highest BCUT2D eigenvalue weighted by atomic mass is 16.3. The molecule has 0 unspecified atom stereocenters. The van der Waals surface area contributed by atoms with Gasteiger partial charge in [0.2, 0.25) is 0 Å². The van der Waals surface area contributed by atoms with Gasteiger partial charge in [0.25, 0.3) is 0 Å². The van der Waals surface area contributed by atoms with Gasteiger partial charge in [-0.2, -0.15) is 0 Å². The molecule has 0 radical (unpaired) electrons. The summed E-state index contributed by atoms with van der Waals surface area (Å²) in [6.45, 7) is 3.48. The lowest BCUT2D eigenvalue weighted by Gasteiger charge is -2.22. The molecule has 1 rings (SSSR count). The molecule has 0 heterocycles. The molecule has 0 aromatic heterocycles. The van der Waals surface area contributed by atoms with Crippen LogP contribution in [0.4, 0.5) is 0 Å². The number of hydrogen-bond acceptors (Lipinski definition) is 2. The summed E-state index contributed by atoms with van der Waals surface area (Å²) in [7, 11) is 0. The molecule has 13 heavy (non-hydrogen) atoms. The van der Waals surface area contributed by atoms with Gasteiger partial charge in [0.05, 0.1) is 5.60 Å². The number of nitrogens with one attached hydrogen (secondary N) is 1. The van der Waals surface area contributed by atoms with Crippen molar-refractivity contribution < 1.29 is 5.11 Å². The zero-order valence-corrected chi connectivity index (χ0v) is 8.40. The van der Waals surface area contributed by atoms with Crippen LogP contribution in [0.3, 0.4) is 0 Å². The van der Waals surface area contributed by atoms with E-state index in [1.165, 1.54) is 12.8 Å². The van der Waals surface area contributed by atoms with Crippen molar-refractivity contribution in [3.8, 4) is 11.8 Å². The van der Waals surface area contributed by atoms with Crippen LogP contribution in [0, 0.1) is 11.8 Å². The highest BCUT2D eigenvalue weighted by Crippen LogP contribution is 2.28. The Morgan fingerprint density at radius 3 is 2.69 bits per heavy atom. The van der Waals surface area contributed by atoms with Crippen LogP contribution in [0.5, 0.6) is 0 Å². The molecule has 0 saturated heterocycles. The van der Waals surface area contributed by atoms with Crippen molar-refractivity contribution in [2.75, 3.05) is 13.1 Å². The minimum absolute atomic E-state index is 0.417. The lowest BCUT2D eigenvalue weighted by Crippen LogP contribution is -2.38. The monoisotopic (exact) mass is 181 g/mol. The van der Waals surface area contributed by atoms with Crippen LogP contribution in [-0.2, 0) is 0 Å². The first-order valence-electron chi connectivity index (χ1n) is 5.09. The fourth-order valence-corrected chi connectivity index (χ4v) is 1.81. The second-order valence-electron chi connectivity index (χ2n) is 3.79. The van der Waals surface area contributed by atoms with Crippen molar-refractivity contribution in [1.29, 1.82) is 0 Å². The summed E-state index contributed by atoms with van der Waals surface area (Å²) < 4.78 is 0. The second kappa shape index (κ2) is 5.26. The van der Waals surface area contributed by atoms with Crippen molar-refractivity contribution in [3.05, 3.63) is 0 Å². The van der Waals surface area contributed by atoms with E-state index in [0.29, 0.717) is 0 Å². The molecule has 2 heteroatoms. The molecule has 2 N–H and O–H groups in total. The summed E-state index contributed by atoms with van der Waals surface area (Å²) >= 11 is 0. The lowest BCUT2D eigenvalue weighted by atomic mass is 10.0. The minimum Gasteiger partial charge on any atom is -0.389 e. The number of rotatable bonds is 4. The third kappa shape index (κ3) is 3.80. The molecule has 0 spiro atoms. The first-order valence-corrected chi connectivity index (χ1v) is 5.09. The molecule has 1 aliphatic rings. The van der Waals surface area contributed by atoms with Crippen molar-refractivity contribution >= 4 is 0 Å². The minimum atomic E-state index is -0.417. The van der Waals surface area contributed by atoms with Crippen LogP contribution in [0.2, 0.25) is 0 Å². The Labute approximate surface area is 80.7 Å². The molecular formula is C11H19NO. The van der Waals surface area contributed by atoms with Gasteiger partial charge < -0.3 is 10.4 Å². The third-order valence-corrected chi connectivity index (χ3v) is 2.59. The molecule has 0 aromatic carbocycles. The maximum absolute atomic E-state index is 9.95. The predicted molar refractivity (Wildman–Crippen MR) is 54.4 cm³/mol. The van der Waals surface area contributed by atoms with Crippen LogP contribution >= 0.6 is 0 Å². The van der Waals surface area contributed by atoms with Crippen molar-refractivity contribution in [1.82, 2.24) is 5.32 Å². The summed E-state index contributed by atoms with van der Waals surface area (Å²) in [5.74, 6) is 5.85.